The molecule has 2 aromatic rings. The zero-order valence-electron chi connectivity index (χ0n) is 9.08. The molecule has 0 aliphatic heterocycles. The molecule has 2 heterocycles. The van der Waals surface area contributed by atoms with Crippen LogP contribution in [0.4, 0.5) is 0 Å². The van der Waals surface area contributed by atoms with E-state index in [9.17, 15) is 0 Å². The molecule has 2 nitrogen and oxygen atoms in total. The fourth-order valence-electron chi connectivity index (χ4n) is 2.15. The Morgan fingerprint density at radius 1 is 1.56 bits per heavy atom. The van der Waals surface area contributed by atoms with Gasteiger partial charge < -0.3 is 4.57 Å². The molecule has 1 aliphatic carbocycles. The van der Waals surface area contributed by atoms with Crippen LogP contribution in [0.3, 0.4) is 0 Å². The van der Waals surface area contributed by atoms with E-state index in [1.165, 1.54) is 27.3 Å². The first-order valence-corrected chi connectivity index (χ1v) is 7.06. The maximum Gasteiger partial charge on any atom is 0.285 e. The van der Waals surface area contributed by atoms with Crippen molar-refractivity contribution in [3.63, 3.8) is 0 Å². The van der Waals surface area contributed by atoms with Gasteiger partial charge in [-0.15, -0.1) is 0 Å². The highest BCUT2D eigenvalue weighted by atomic mass is 127. The molecule has 3 rings (SSSR count). The first-order chi connectivity index (χ1) is 7.72. The van der Waals surface area contributed by atoms with Gasteiger partial charge in [0.15, 0.2) is 6.20 Å². The van der Waals surface area contributed by atoms with Crippen LogP contribution in [0.2, 0.25) is 5.15 Å². The van der Waals surface area contributed by atoms with Gasteiger partial charge in [0.1, 0.15) is 6.54 Å². The SMILES string of the molecule is CC[n+]1ccc2c(c(I)cn2C2CC2)c1Cl. The largest absolute Gasteiger partial charge is 0.343 e. The van der Waals surface area contributed by atoms with E-state index in [0.29, 0.717) is 6.04 Å². The van der Waals surface area contributed by atoms with Crippen molar-refractivity contribution in [2.24, 2.45) is 0 Å². The van der Waals surface area contributed by atoms with E-state index in [0.717, 1.165) is 11.7 Å². The quantitative estimate of drug-likeness (QED) is 0.446. The Labute approximate surface area is 113 Å². The van der Waals surface area contributed by atoms with Gasteiger partial charge in [0.25, 0.3) is 5.15 Å². The third kappa shape index (κ3) is 1.56. The maximum atomic E-state index is 6.43. The number of halogens is 2. The molecule has 0 spiro atoms. The van der Waals surface area contributed by atoms with Crippen molar-refractivity contribution in [3.8, 4) is 0 Å². The Kier molecular flexibility index (Phi) is 2.63. The van der Waals surface area contributed by atoms with Crippen LogP contribution in [0.15, 0.2) is 18.5 Å². The Bertz CT molecular complexity index is 558. The molecule has 0 saturated heterocycles. The summed E-state index contributed by atoms with van der Waals surface area (Å²) in [5.74, 6) is 0. The maximum absolute atomic E-state index is 6.43. The van der Waals surface area contributed by atoms with E-state index in [2.05, 4.69) is 57.1 Å². The first kappa shape index (κ1) is 10.8. The van der Waals surface area contributed by atoms with E-state index in [4.69, 9.17) is 11.6 Å². The standard InChI is InChI=1S/C12H13ClIN2/c1-2-15-6-5-10-11(12(15)13)9(14)7-16(10)8-3-4-8/h5-8H,2-4H2,1H3/q+1. The van der Waals surface area contributed by atoms with Crippen molar-refractivity contribution in [3.05, 3.63) is 27.2 Å². The number of nitrogens with zero attached hydrogens (tertiary/aromatic N) is 2. The Hall–Kier alpha value is -0.290. The monoisotopic (exact) mass is 347 g/mol. The van der Waals surface area contributed by atoms with Gasteiger partial charge in [-0.1, -0.05) is 0 Å². The number of hydrogen-bond donors (Lipinski definition) is 0. The summed E-state index contributed by atoms with van der Waals surface area (Å²) >= 11 is 8.81. The molecular weight excluding hydrogens is 335 g/mol. The van der Waals surface area contributed by atoms with Crippen molar-refractivity contribution in [1.29, 1.82) is 0 Å². The highest BCUT2D eigenvalue weighted by molar-refractivity contribution is 14.1. The van der Waals surface area contributed by atoms with Crippen LogP contribution in [-0.4, -0.2) is 4.57 Å². The Morgan fingerprint density at radius 3 is 2.94 bits per heavy atom. The molecule has 0 aromatic carbocycles. The van der Waals surface area contributed by atoms with E-state index in [-0.39, 0.29) is 0 Å². The molecule has 2 aromatic heterocycles. The molecule has 0 N–H and O–H groups in total. The lowest BCUT2D eigenvalue weighted by Gasteiger charge is -2.02. The molecule has 0 atom stereocenters. The second-order valence-corrected chi connectivity index (χ2v) is 5.79. The molecule has 1 fully saturated rings. The summed E-state index contributed by atoms with van der Waals surface area (Å²) < 4.78 is 5.72. The average Bonchev–Trinajstić information content (AvgIpc) is 3.05. The Balaban J connectivity index is 2.31. The summed E-state index contributed by atoms with van der Waals surface area (Å²) in [4.78, 5) is 0. The highest BCUT2D eigenvalue weighted by Crippen LogP contribution is 2.40. The number of rotatable bonds is 2. The normalized spacial score (nSPS) is 15.9. The second kappa shape index (κ2) is 3.88. The van der Waals surface area contributed by atoms with Gasteiger partial charge in [-0.3, -0.25) is 0 Å². The topological polar surface area (TPSA) is 8.81 Å². The van der Waals surface area contributed by atoms with Crippen LogP contribution < -0.4 is 4.57 Å². The summed E-state index contributed by atoms with van der Waals surface area (Å²) in [6.07, 6.45) is 6.93. The van der Waals surface area contributed by atoms with Gasteiger partial charge in [0.05, 0.1) is 10.9 Å². The molecule has 0 amide bonds. The van der Waals surface area contributed by atoms with Crippen LogP contribution in [-0.2, 0) is 6.54 Å². The summed E-state index contributed by atoms with van der Waals surface area (Å²) in [6.45, 7) is 3.03. The smallest absolute Gasteiger partial charge is 0.285 e. The van der Waals surface area contributed by atoms with Gasteiger partial charge >= 0.3 is 0 Å². The van der Waals surface area contributed by atoms with Gasteiger partial charge in [-0.25, -0.2) is 0 Å². The summed E-state index contributed by atoms with van der Waals surface area (Å²) in [5, 5.41) is 2.07. The second-order valence-electron chi connectivity index (χ2n) is 4.27. The van der Waals surface area contributed by atoms with Crippen molar-refractivity contribution in [1.82, 2.24) is 4.57 Å². The zero-order valence-corrected chi connectivity index (χ0v) is 12.0. The van der Waals surface area contributed by atoms with Crippen LogP contribution in [0, 0.1) is 3.57 Å². The molecule has 4 heteroatoms. The lowest BCUT2D eigenvalue weighted by Crippen LogP contribution is -2.33. The molecule has 1 aliphatic rings. The summed E-state index contributed by atoms with van der Waals surface area (Å²) in [7, 11) is 0. The Morgan fingerprint density at radius 2 is 2.31 bits per heavy atom. The third-order valence-corrected chi connectivity index (χ3v) is 4.40. The van der Waals surface area contributed by atoms with Gasteiger partial charge in [0.2, 0.25) is 0 Å². The first-order valence-electron chi connectivity index (χ1n) is 5.60. The minimum atomic E-state index is 0.708. The fourth-order valence-corrected chi connectivity index (χ4v) is 3.52. The predicted octanol–water partition coefficient (Wildman–Crippen LogP) is 3.54. The number of aromatic nitrogens is 2. The van der Waals surface area contributed by atoms with Crippen molar-refractivity contribution in [2.45, 2.75) is 32.4 Å². The lowest BCUT2D eigenvalue weighted by molar-refractivity contribution is -0.690. The van der Waals surface area contributed by atoms with Crippen LogP contribution in [0.5, 0.6) is 0 Å². The zero-order chi connectivity index (χ0) is 11.3. The minimum Gasteiger partial charge on any atom is -0.343 e. The molecule has 0 bridgehead atoms. The predicted molar refractivity (Wildman–Crippen MR) is 73.8 cm³/mol. The minimum absolute atomic E-state index is 0.708. The van der Waals surface area contributed by atoms with E-state index >= 15 is 0 Å². The van der Waals surface area contributed by atoms with E-state index in [1.807, 2.05) is 0 Å². The van der Waals surface area contributed by atoms with Crippen molar-refractivity contribution in [2.75, 3.05) is 0 Å². The summed E-state index contributed by atoms with van der Waals surface area (Å²) in [6, 6.07) is 2.89. The molecule has 16 heavy (non-hydrogen) atoms. The van der Waals surface area contributed by atoms with E-state index < -0.39 is 0 Å². The van der Waals surface area contributed by atoms with Crippen LogP contribution >= 0.6 is 34.2 Å². The molecule has 84 valence electrons. The van der Waals surface area contributed by atoms with Crippen molar-refractivity contribution >= 4 is 45.1 Å². The van der Waals surface area contributed by atoms with Gasteiger partial charge in [-0.05, 0) is 54.0 Å². The number of hydrogen-bond acceptors (Lipinski definition) is 0. The van der Waals surface area contributed by atoms with Crippen LogP contribution in [0.25, 0.3) is 10.9 Å². The molecule has 0 radical (unpaired) electrons. The highest BCUT2D eigenvalue weighted by Gasteiger charge is 2.27. The van der Waals surface area contributed by atoms with E-state index in [1.54, 1.807) is 0 Å². The number of pyridine rings is 1. The fraction of sp³-hybridized carbons (Fsp3) is 0.417. The molecule has 1 saturated carbocycles. The third-order valence-electron chi connectivity index (χ3n) is 3.18. The van der Waals surface area contributed by atoms with Gasteiger partial charge in [0, 0.05) is 21.9 Å². The average molecular weight is 348 g/mol. The molecule has 0 unspecified atom stereocenters. The summed E-state index contributed by atoms with van der Waals surface area (Å²) in [5.41, 5.74) is 1.28. The van der Waals surface area contributed by atoms with Gasteiger partial charge in [-0.2, -0.15) is 4.57 Å². The number of fused-ring (bicyclic) bond motifs is 1. The van der Waals surface area contributed by atoms with Crippen molar-refractivity contribution < 1.29 is 4.57 Å². The number of aryl methyl sites for hydroxylation is 1. The van der Waals surface area contributed by atoms with Crippen LogP contribution in [0.1, 0.15) is 25.8 Å². The lowest BCUT2D eigenvalue weighted by atomic mass is 10.3. The molecular formula is C12H13ClIN2+.